The van der Waals surface area contributed by atoms with Gasteiger partial charge in [-0.3, -0.25) is 4.98 Å². The molecule has 3 nitrogen and oxygen atoms in total. The number of aromatic nitrogens is 1. The second-order valence-electron chi connectivity index (χ2n) is 4.02. The molecule has 0 fully saturated rings. The minimum atomic E-state index is -0.519. The first kappa shape index (κ1) is 14.4. The Morgan fingerprint density at radius 1 is 1.47 bits per heavy atom. The number of aliphatic hydroxyl groups is 1. The van der Waals surface area contributed by atoms with Crippen molar-refractivity contribution in [3.05, 3.63) is 29.0 Å². The predicted molar refractivity (Wildman–Crippen MR) is 69.3 cm³/mol. The number of hydrogen-bond donors (Lipinski definition) is 1. The van der Waals surface area contributed by atoms with Gasteiger partial charge < -0.3 is 9.84 Å². The third kappa shape index (κ3) is 4.62. The Morgan fingerprint density at radius 2 is 2.24 bits per heavy atom. The van der Waals surface area contributed by atoms with E-state index in [1.54, 1.807) is 12.4 Å². The number of pyridine rings is 1. The van der Waals surface area contributed by atoms with Gasteiger partial charge in [0, 0.05) is 25.4 Å². The second kappa shape index (κ2) is 7.64. The lowest BCUT2D eigenvalue weighted by Crippen LogP contribution is -2.31. The molecule has 0 aromatic carbocycles. The molecule has 0 spiro atoms. The fourth-order valence-corrected chi connectivity index (χ4v) is 2.01. The largest absolute Gasteiger partial charge is 0.390 e. The first-order chi connectivity index (χ1) is 8.19. The molecule has 1 aromatic rings. The minimum Gasteiger partial charge on any atom is -0.390 e. The smallest absolute Gasteiger partial charge is 0.0842 e. The van der Waals surface area contributed by atoms with Crippen LogP contribution in [0, 0.1) is 0 Å². The lowest BCUT2D eigenvalue weighted by Gasteiger charge is -2.22. The highest BCUT2D eigenvalue weighted by atomic mass is 35.5. The highest BCUT2D eigenvalue weighted by Gasteiger charge is 2.19. The molecule has 1 heterocycles. The molecule has 0 aliphatic carbocycles. The molecular formula is C13H20ClNO2. The Balaban J connectivity index is 2.62. The molecule has 0 aliphatic heterocycles. The molecular weight excluding hydrogens is 238 g/mol. The monoisotopic (exact) mass is 257 g/mol. The molecule has 4 heteroatoms. The molecule has 0 radical (unpaired) electrons. The highest BCUT2D eigenvalue weighted by molar-refractivity contribution is 6.31. The van der Waals surface area contributed by atoms with Crippen molar-refractivity contribution < 1.29 is 9.84 Å². The van der Waals surface area contributed by atoms with Gasteiger partial charge >= 0.3 is 0 Å². The van der Waals surface area contributed by atoms with Gasteiger partial charge in [-0.25, -0.2) is 0 Å². The van der Waals surface area contributed by atoms with E-state index in [0.717, 1.165) is 18.4 Å². The van der Waals surface area contributed by atoms with Crippen LogP contribution in [0.15, 0.2) is 18.5 Å². The maximum atomic E-state index is 10.1. The van der Waals surface area contributed by atoms with Gasteiger partial charge in [0.1, 0.15) is 0 Å². The van der Waals surface area contributed by atoms with Crippen molar-refractivity contribution in [2.75, 3.05) is 6.61 Å². The van der Waals surface area contributed by atoms with E-state index >= 15 is 0 Å². The Bertz CT molecular complexity index is 327. The molecule has 0 amide bonds. The van der Waals surface area contributed by atoms with Crippen molar-refractivity contribution >= 4 is 11.6 Å². The van der Waals surface area contributed by atoms with Crippen molar-refractivity contribution in [3.63, 3.8) is 0 Å². The molecule has 0 saturated heterocycles. The number of ether oxygens (including phenoxy) is 1. The Hall–Kier alpha value is -0.640. The van der Waals surface area contributed by atoms with Crippen LogP contribution in [-0.4, -0.2) is 28.9 Å². The average molecular weight is 258 g/mol. The fourth-order valence-electron chi connectivity index (χ4n) is 1.81. The number of aliphatic hydroxyl groups excluding tert-OH is 1. The quantitative estimate of drug-likeness (QED) is 0.817. The van der Waals surface area contributed by atoms with Crippen LogP contribution < -0.4 is 0 Å². The first-order valence-electron chi connectivity index (χ1n) is 6.07. The van der Waals surface area contributed by atoms with Crippen LogP contribution in [0.2, 0.25) is 5.02 Å². The van der Waals surface area contributed by atoms with Crippen LogP contribution in [0.5, 0.6) is 0 Å². The Labute approximate surface area is 108 Å². The summed E-state index contributed by atoms with van der Waals surface area (Å²) in [5.41, 5.74) is 0.912. The van der Waals surface area contributed by atoms with Gasteiger partial charge in [0.25, 0.3) is 0 Å². The third-order valence-electron chi connectivity index (χ3n) is 2.67. The lowest BCUT2D eigenvalue weighted by molar-refractivity contribution is -0.0363. The zero-order valence-corrected chi connectivity index (χ0v) is 11.2. The molecule has 2 atom stereocenters. The maximum absolute atomic E-state index is 10.1. The van der Waals surface area contributed by atoms with Crippen molar-refractivity contribution in [1.29, 1.82) is 0 Å². The van der Waals surface area contributed by atoms with Crippen molar-refractivity contribution in [2.45, 2.75) is 45.3 Å². The molecule has 1 N–H and O–H groups in total. The number of halogens is 1. The summed E-state index contributed by atoms with van der Waals surface area (Å²) >= 11 is 6.01. The SMILES string of the molecule is CCCC(OCC)C(O)Cc1ccncc1Cl. The Morgan fingerprint density at radius 3 is 2.82 bits per heavy atom. The minimum absolute atomic E-state index is 0.116. The van der Waals surface area contributed by atoms with Crippen LogP contribution in [0.3, 0.4) is 0 Å². The van der Waals surface area contributed by atoms with Crippen molar-refractivity contribution in [1.82, 2.24) is 4.98 Å². The van der Waals surface area contributed by atoms with Gasteiger partial charge in [-0.1, -0.05) is 24.9 Å². The van der Waals surface area contributed by atoms with E-state index in [0.29, 0.717) is 18.1 Å². The van der Waals surface area contributed by atoms with Crippen LogP contribution in [0.1, 0.15) is 32.3 Å². The average Bonchev–Trinajstić information content (AvgIpc) is 2.32. The molecule has 0 saturated carbocycles. The first-order valence-corrected chi connectivity index (χ1v) is 6.44. The molecule has 2 unspecified atom stereocenters. The zero-order chi connectivity index (χ0) is 12.7. The summed E-state index contributed by atoms with van der Waals surface area (Å²) in [5, 5.41) is 10.7. The van der Waals surface area contributed by atoms with E-state index in [9.17, 15) is 5.11 Å². The summed E-state index contributed by atoms with van der Waals surface area (Å²) in [6.45, 7) is 4.64. The van der Waals surface area contributed by atoms with E-state index in [-0.39, 0.29) is 6.10 Å². The predicted octanol–water partition coefficient (Wildman–Crippen LogP) is 2.84. The van der Waals surface area contributed by atoms with E-state index < -0.39 is 6.10 Å². The summed E-state index contributed by atoms with van der Waals surface area (Å²) in [4.78, 5) is 3.92. The Kier molecular flexibility index (Phi) is 6.48. The molecule has 0 bridgehead atoms. The lowest BCUT2D eigenvalue weighted by atomic mass is 10.0. The van der Waals surface area contributed by atoms with Gasteiger partial charge in [-0.2, -0.15) is 0 Å². The normalized spacial score (nSPS) is 14.6. The van der Waals surface area contributed by atoms with E-state index in [2.05, 4.69) is 11.9 Å². The summed E-state index contributed by atoms with van der Waals surface area (Å²) < 4.78 is 5.55. The summed E-state index contributed by atoms with van der Waals surface area (Å²) in [6.07, 6.45) is 5.00. The summed E-state index contributed by atoms with van der Waals surface area (Å²) in [6, 6.07) is 1.83. The maximum Gasteiger partial charge on any atom is 0.0842 e. The van der Waals surface area contributed by atoms with Crippen molar-refractivity contribution in [3.8, 4) is 0 Å². The van der Waals surface area contributed by atoms with E-state index in [1.807, 2.05) is 13.0 Å². The highest BCUT2D eigenvalue weighted by Crippen LogP contribution is 2.18. The summed E-state index contributed by atoms with van der Waals surface area (Å²) in [7, 11) is 0. The van der Waals surface area contributed by atoms with Crippen LogP contribution in [0.25, 0.3) is 0 Å². The molecule has 1 aromatic heterocycles. The molecule has 1 rings (SSSR count). The zero-order valence-electron chi connectivity index (χ0n) is 10.4. The number of nitrogens with zero attached hydrogens (tertiary/aromatic N) is 1. The fraction of sp³-hybridized carbons (Fsp3) is 0.615. The third-order valence-corrected chi connectivity index (χ3v) is 3.01. The topological polar surface area (TPSA) is 42.4 Å². The summed E-state index contributed by atoms with van der Waals surface area (Å²) in [5.74, 6) is 0. The standard InChI is InChI=1S/C13H20ClNO2/c1-3-5-13(17-4-2)12(16)8-10-6-7-15-9-11(10)14/h6-7,9,12-13,16H,3-5,8H2,1-2H3. The number of rotatable bonds is 7. The molecule has 96 valence electrons. The van der Waals surface area contributed by atoms with Gasteiger partial charge in [-0.05, 0) is 25.0 Å². The van der Waals surface area contributed by atoms with Crippen molar-refractivity contribution in [2.24, 2.45) is 0 Å². The van der Waals surface area contributed by atoms with E-state index in [4.69, 9.17) is 16.3 Å². The number of hydrogen-bond acceptors (Lipinski definition) is 3. The van der Waals surface area contributed by atoms with Gasteiger partial charge in [-0.15, -0.1) is 0 Å². The van der Waals surface area contributed by atoms with Crippen LogP contribution >= 0.6 is 11.6 Å². The molecule has 17 heavy (non-hydrogen) atoms. The van der Waals surface area contributed by atoms with Gasteiger partial charge in [0.05, 0.1) is 17.2 Å². The second-order valence-corrected chi connectivity index (χ2v) is 4.43. The van der Waals surface area contributed by atoms with Gasteiger partial charge in [0.2, 0.25) is 0 Å². The van der Waals surface area contributed by atoms with Crippen LogP contribution in [0.4, 0.5) is 0 Å². The molecule has 0 aliphatic rings. The van der Waals surface area contributed by atoms with Crippen LogP contribution in [-0.2, 0) is 11.2 Å². The van der Waals surface area contributed by atoms with Gasteiger partial charge in [0.15, 0.2) is 0 Å². The van der Waals surface area contributed by atoms with E-state index in [1.165, 1.54) is 0 Å².